The van der Waals surface area contributed by atoms with Crippen LogP contribution in [0.2, 0.25) is 0 Å². The number of nitrogens with zero attached hydrogens (tertiary/aromatic N) is 3. The number of aromatic nitrogens is 2. The van der Waals surface area contributed by atoms with E-state index in [0.717, 1.165) is 61.8 Å². The van der Waals surface area contributed by atoms with Gasteiger partial charge in [-0.3, -0.25) is 19.0 Å². The highest BCUT2D eigenvalue weighted by atomic mass is 16.2. The molecule has 240 valence electrons. The first kappa shape index (κ1) is 31.0. The summed E-state index contributed by atoms with van der Waals surface area (Å²) < 4.78 is 1.77. The van der Waals surface area contributed by atoms with Crippen LogP contribution in [0, 0.1) is 61.6 Å². The standard InChI is InChI=1S/C40H47N3O3/c1-35(2)15-17-40(34(46)43-24-42-23-28(43)25-11-9-8-10-12-25)18-16-39(7)32(27(40)21-35)29(44)19-31-37(5)20-26(22-41)33(45)36(3,4)30(37)13-14-38(31,39)6/h8-12,19-20,23-24,27,30,32H,13-18,21H2,1-7H3. The average Bonchev–Trinajstić information content (AvgIpc) is 3.50. The van der Waals surface area contributed by atoms with E-state index in [-0.39, 0.29) is 57.0 Å². The van der Waals surface area contributed by atoms with Crippen molar-refractivity contribution in [2.24, 2.45) is 50.2 Å². The van der Waals surface area contributed by atoms with E-state index in [4.69, 9.17) is 0 Å². The number of Topliss-reactive ketones (excluding diaryl/α,β-unsaturated/α-hetero) is 1. The van der Waals surface area contributed by atoms with Crippen LogP contribution >= 0.6 is 0 Å². The highest BCUT2D eigenvalue weighted by molar-refractivity contribution is 6.04. The fourth-order valence-corrected chi connectivity index (χ4v) is 11.5. The molecule has 0 bridgehead atoms. The first-order valence-corrected chi connectivity index (χ1v) is 17.1. The zero-order chi connectivity index (χ0) is 33.1. The topological polar surface area (TPSA) is 92.8 Å². The second kappa shape index (κ2) is 9.72. The molecule has 0 spiro atoms. The molecular weight excluding hydrogens is 570 g/mol. The molecule has 6 heteroatoms. The van der Waals surface area contributed by atoms with Gasteiger partial charge in [0.15, 0.2) is 11.6 Å². The number of hydrogen-bond acceptors (Lipinski definition) is 5. The first-order valence-electron chi connectivity index (χ1n) is 17.1. The molecule has 5 aliphatic carbocycles. The molecule has 6 nitrogen and oxygen atoms in total. The minimum Gasteiger partial charge on any atom is -0.295 e. The number of carbonyl (C=O) groups excluding carboxylic acids is 3. The van der Waals surface area contributed by atoms with Gasteiger partial charge in [0.1, 0.15) is 12.4 Å². The summed E-state index contributed by atoms with van der Waals surface area (Å²) in [5.74, 6) is -0.285. The lowest BCUT2D eigenvalue weighted by Gasteiger charge is -2.69. The summed E-state index contributed by atoms with van der Waals surface area (Å²) in [6, 6.07) is 12.2. The van der Waals surface area contributed by atoms with Gasteiger partial charge >= 0.3 is 0 Å². The zero-order valence-electron chi connectivity index (χ0n) is 28.4. The predicted octanol–water partition coefficient (Wildman–Crippen LogP) is 8.41. The van der Waals surface area contributed by atoms with Crippen LogP contribution in [-0.2, 0) is 9.59 Å². The number of rotatable bonds is 2. The number of allylic oxidation sites excluding steroid dienone is 4. The maximum absolute atomic E-state index is 15.0. The van der Waals surface area contributed by atoms with Crippen LogP contribution in [0.25, 0.3) is 11.3 Å². The molecule has 2 aromatic rings. The van der Waals surface area contributed by atoms with Crippen molar-refractivity contribution in [1.82, 2.24) is 9.55 Å². The molecule has 5 aliphatic rings. The molecular formula is C40H47N3O3. The monoisotopic (exact) mass is 617 g/mol. The van der Waals surface area contributed by atoms with Gasteiger partial charge in [0.2, 0.25) is 5.91 Å². The summed E-state index contributed by atoms with van der Waals surface area (Å²) in [5, 5.41) is 10.0. The molecule has 0 saturated heterocycles. The Balaban J connectivity index is 1.37. The fraction of sp³-hybridized carbons (Fsp3) is 0.575. The SMILES string of the molecule is CC1(C)CCC2(C(=O)n3cncc3-c3ccccc3)CCC3(C)C(C(=O)C=C4C5(C)C=C(C#N)C(=O)C(C)(C)C5CCC43C)C2C1. The minimum atomic E-state index is -0.694. The van der Waals surface area contributed by atoms with Crippen LogP contribution in [0.3, 0.4) is 0 Å². The minimum absolute atomic E-state index is 0.00685. The van der Waals surface area contributed by atoms with E-state index in [9.17, 15) is 14.9 Å². The van der Waals surface area contributed by atoms with Gasteiger partial charge in [-0.1, -0.05) is 90.4 Å². The van der Waals surface area contributed by atoms with Gasteiger partial charge in [0.25, 0.3) is 0 Å². The molecule has 3 fully saturated rings. The third-order valence-electron chi connectivity index (χ3n) is 14.2. The number of fused-ring (bicyclic) bond motifs is 7. The average molecular weight is 618 g/mol. The van der Waals surface area contributed by atoms with Gasteiger partial charge in [0.05, 0.1) is 22.9 Å². The van der Waals surface area contributed by atoms with Gasteiger partial charge < -0.3 is 0 Å². The Bertz CT molecular complexity index is 1770. The van der Waals surface area contributed by atoms with E-state index < -0.39 is 16.2 Å². The second-order valence-electron chi connectivity index (χ2n) is 17.2. The van der Waals surface area contributed by atoms with Crippen LogP contribution in [0.5, 0.6) is 0 Å². The maximum Gasteiger partial charge on any atom is 0.238 e. The zero-order valence-corrected chi connectivity index (χ0v) is 28.4. The number of hydrogen-bond donors (Lipinski definition) is 0. The van der Waals surface area contributed by atoms with Crippen molar-refractivity contribution in [2.45, 2.75) is 93.4 Å². The summed E-state index contributed by atoms with van der Waals surface area (Å²) in [4.78, 5) is 47.7. The molecule has 46 heavy (non-hydrogen) atoms. The van der Waals surface area contributed by atoms with Gasteiger partial charge in [-0.25, -0.2) is 4.98 Å². The lowest BCUT2D eigenvalue weighted by atomic mass is 9.34. The predicted molar refractivity (Wildman–Crippen MR) is 177 cm³/mol. The Labute approximate surface area is 273 Å². The summed E-state index contributed by atoms with van der Waals surface area (Å²) in [7, 11) is 0. The Morgan fingerprint density at radius 1 is 0.957 bits per heavy atom. The molecule has 0 N–H and O–H groups in total. The second-order valence-corrected chi connectivity index (χ2v) is 17.2. The Kier molecular flexibility index (Phi) is 6.56. The Morgan fingerprint density at radius 3 is 2.35 bits per heavy atom. The lowest BCUT2D eigenvalue weighted by Crippen LogP contribution is -2.66. The van der Waals surface area contributed by atoms with Crippen LogP contribution in [0.4, 0.5) is 0 Å². The summed E-state index contributed by atoms with van der Waals surface area (Å²) in [5.41, 5.74) is 0.452. The first-order chi connectivity index (χ1) is 21.6. The number of carbonyl (C=O) groups is 3. The number of ketones is 2. The lowest BCUT2D eigenvalue weighted by molar-refractivity contribution is -0.164. The van der Waals surface area contributed by atoms with Crippen molar-refractivity contribution >= 4 is 17.5 Å². The Hall–Kier alpha value is -3.59. The van der Waals surface area contributed by atoms with Crippen molar-refractivity contribution < 1.29 is 14.4 Å². The van der Waals surface area contributed by atoms with Gasteiger partial charge in [-0.15, -0.1) is 0 Å². The van der Waals surface area contributed by atoms with Gasteiger partial charge in [-0.2, -0.15) is 5.26 Å². The highest BCUT2D eigenvalue weighted by Crippen LogP contribution is 2.74. The molecule has 0 amide bonds. The van der Waals surface area contributed by atoms with Crippen LogP contribution in [-0.4, -0.2) is 27.0 Å². The Morgan fingerprint density at radius 2 is 1.65 bits per heavy atom. The van der Waals surface area contributed by atoms with Gasteiger partial charge in [0, 0.05) is 22.3 Å². The van der Waals surface area contributed by atoms with Crippen LogP contribution in [0.1, 0.15) is 98.2 Å². The van der Waals surface area contributed by atoms with E-state index in [0.29, 0.717) is 0 Å². The van der Waals surface area contributed by atoms with E-state index in [2.05, 4.69) is 45.7 Å². The molecule has 3 saturated carbocycles. The highest BCUT2D eigenvalue weighted by Gasteiger charge is 2.71. The molecule has 1 aromatic carbocycles. The van der Waals surface area contributed by atoms with Crippen molar-refractivity contribution in [3.63, 3.8) is 0 Å². The molecule has 7 unspecified atom stereocenters. The van der Waals surface area contributed by atoms with Crippen molar-refractivity contribution in [2.75, 3.05) is 0 Å². The molecule has 0 aliphatic heterocycles. The molecule has 0 radical (unpaired) electrons. The summed E-state index contributed by atoms with van der Waals surface area (Å²) in [6.45, 7) is 15.4. The molecule has 7 rings (SSSR count). The summed E-state index contributed by atoms with van der Waals surface area (Å²) >= 11 is 0. The van der Waals surface area contributed by atoms with E-state index in [1.165, 1.54) is 0 Å². The largest absolute Gasteiger partial charge is 0.295 e. The van der Waals surface area contributed by atoms with Gasteiger partial charge in [-0.05, 0) is 79.1 Å². The fourth-order valence-electron chi connectivity index (χ4n) is 11.5. The summed E-state index contributed by atoms with van der Waals surface area (Å²) in [6.07, 6.45) is 13.0. The smallest absolute Gasteiger partial charge is 0.238 e. The maximum atomic E-state index is 15.0. The van der Waals surface area contributed by atoms with E-state index in [1.54, 1.807) is 17.1 Å². The van der Waals surface area contributed by atoms with Crippen molar-refractivity contribution in [3.05, 3.63) is 66.2 Å². The third-order valence-corrected chi connectivity index (χ3v) is 14.2. The molecule has 1 heterocycles. The third kappa shape index (κ3) is 3.87. The normalized spacial score (nSPS) is 39.0. The number of imidazole rings is 1. The van der Waals surface area contributed by atoms with Crippen LogP contribution in [0.15, 0.2) is 66.2 Å². The van der Waals surface area contributed by atoms with E-state index in [1.807, 2.05) is 56.3 Å². The van der Waals surface area contributed by atoms with Crippen LogP contribution < -0.4 is 0 Å². The van der Waals surface area contributed by atoms with Crippen molar-refractivity contribution in [1.29, 1.82) is 5.26 Å². The van der Waals surface area contributed by atoms with Crippen molar-refractivity contribution in [3.8, 4) is 17.3 Å². The number of nitriles is 1. The molecule has 1 aromatic heterocycles. The quantitative estimate of drug-likeness (QED) is 0.337. The number of benzene rings is 1. The molecule has 7 atom stereocenters. The van der Waals surface area contributed by atoms with E-state index >= 15 is 4.79 Å².